The lowest BCUT2D eigenvalue weighted by atomic mass is 9.97. The standard InChI is InChI=1S/C13H22N2O3/c1-8(2)13(17)18-7-11(16)12(9(3)5-14)10(4)6-15/h11,16H,1,3,5-7,14-15H2,2,4H3/b12-10-/t11-/m1/s1. The molecule has 0 aliphatic carbocycles. The molecule has 0 spiro atoms. The molecule has 0 bridgehead atoms. The van der Waals surface area contributed by atoms with Gasteiger partial charge in [0.15, 0.2) is 0 Å². The monoisotopic (exact) mass is 254 g/mol. The Kier molecular flexibility index (Phi) is 7.19. The molecule has 5 heteroatoms. The van der Waals surface area contributed by atoms with E-state index in [4.69, 9.17) is 16.2 Å². The minimum Gasteiger partial charge on any atom is -0.459 e. The van der Waals surface area contributed by atoms with E-state index in [1.807, 2.05) is 0 Å². The molecule has 5 nitrogen and oxygen atoms in total. The van der Waals surface area contributed by atoms with Gasteiger partial charge in [-0.05, 0) is 25.0 Å². The summed E-state index contributed by atoms with van der Waals surface area (Å²) >= 11 is 0. The van der Waals surface area contributed by atoms with Crippen LogP contribution in [0, 0.1) is 0 Å². The number of aliphatic hydroxyl groups excluding tert-OH is 1. The van der Waals surface area contributed by atoms with Crippen LogP contribution in [0.2, 0.25) is 0 Å². The molecule has 0 radical (unpaired) electrons. The Hall–Kier alpha value is -1.43. The molecule has 1 atom stereocenters. The largest absolute Gasteiger partial charge is 0.459 e. The van der Waals surface area contributed by atoms with E-state index in [1.54, 1.807) is 6.92 Å². The molecular weight excluding hydrogens is 232 g/mol. The normalized spacial score (nSPS) is 13.6. The number of hydrogen-bond donors (Lipinski definition) is 3. The van der Waals surface area contributed by atoms with E-state index in [-0.39, 0.29) is 25.3 Å². The Bertz CT molecular complexity index is 372. The summed E-state index contributed by atoms with van der Waals surface area (Å²) in [5.41, 5.74) is 13.2. The number of nitrogens with two attached hydrogens (primary N) is 2. The molecule has 0 saturated heterocycles. The van der Waals surface area contributed by atoms with Crippen LogP contribution in [0.4, 0.5) is 0 Å². The fraction of sp³-hybridized carbons (Fsp3) is 0.462. The second-order valence-electron chi connectivity index (χ2n) is 4.10. The van der Waals surface area contributed by atoms with E-state index in [0.29, 0.717) is 11.1 Å². The summed E-state index contributed by atoms with van der Waals surface area (Å²) in [6, 6.07) is 0. The molecule has 0 rings (SSSR count). The predicted octanol–water partition coefficient (Wildman–Crippen LogP) is 0.257. The molecule has 0 aliphatic rings. The van der Waals surface area contributed by atoms with Crippen molar-refractivity contribution in [2.24, 2.45) is 11.5 Å². The van der Waals surface area contributed by atoms with Crippen molar-refractivity contribution in [3.63, 3.8) is 0 Å². The van der Waals surface area contributed by atoms with Crippen molar-refractivity contribution in [1.82, 2.24) is 0 Å². The highest BCUT2D eigenvalue weighted by Gasteiger charge is 2.18. The molecule has 0 aromatic heterocycles. The number of esters is 1. The van der Waals surface area contributed by atoms with Crippen LogP contribution in [0.1, 0.15) is 13.8 Å². The van der Waals surface area contributed by atoms with Gasteiger partial charge < -0.3 is 21.3 Å². The molecule has 18 heavy (non-hydrogen) atoms. The fourth-order valence-electron chi connectivity index (χ4n) is 1.40. The summed E-state index contributed by atoms with van der Waals surface area (Å²) in [4.78, 5) is 11.2. The zero-order chi connectivity index (χ0) is 14.3. The quantitative estimate of drug-likeness (QED) is 0.344. The van der Waals surface area contributed by atoms with E-state index >= 15 is 0 Å². The minimum absolute atomic E-state index is 0.169. The highest BCUT2D eigenvalue weighted by Crippen LogP contribution is 2.17. The van der Waals surface area contributed by atoms with Crippen LogP contribution >= 0.6 is 0 Å². The Balaban J connectivity index is 4.80. The van der Waals surface area contributed by atoms with Crippen molar-refractivity contribution in [2.75, 3.05) is 19.7 Å². The SMILES string of the molecule is C=C(C)C(=O)OC[C@@H](O)/C(C(=C)CN)=C(/C)CN. The van der Waals surface area contributed by atoms with Gasteiger partial charge in [-0.1, -0.05) is 18.7 Å². The molecule has 102 valence electrons. The van der Waals surface area contributed by atoms with Crippen molar-refractivity contribution < 1.29 is 14.6 Å². The molecule has 0 heterocycles. The van der Waals surface area contributed by atoms with Gasteiger partial charge in [0, 0.05) is 18.7 Å². The zero-order valence-electron chi connectivity index (χ0n) is 11.0. The van der Waals surface area contributed by atoms with Crippen molar-refractivity contribution in [1.29, 1.82) is 0 Å². The Morgan fingerprint density at radius 3 is 2.22 bits per heavy atom. The van der Waals surface area contributed by atoms with E-state index in [0.717, 1.165) is 5.57 Å². The predicted molar refractivity (Wildman–Crippen MR) is 71.7 cm³/mol. The summed E-state index contributed by atoms with van der Waals surface area (Å²) in [5, 5.41) is 10.0. The summed E-state index contributed by atoms with van der Waals surface area (Å²) in [6.07, 6.45) is -0.979. The maximum Gasteiger partial charge on any atom is 0.333 e. The molecule has 5 N–H and O–H groups in total. The number of carbonyl (C=O) groups is 1. The van der Waals surface area contributed by atoms with Crippen LogP contribution < -0.4 is 11.5 Å². The maximum absolute atomic E-state index is 11.2. The van der Waals surface area contributed by atoms with Gasteiger partial charge >= 0.3 is 5.97 Å². The summed E-state index contributed by atoms with van der Waals surface area (Å²) in [5.74, 6) is -0.544. The van der Waals surface area contributed by atoms with Gasteiger partial charge in [-0.3, -0.25) is 0 Å². The van der Waals surface area contributed by atoms with Gasteiger partial charge in [-0.15, -0.1) is 0 Å². The minimum atomic E-state index is -0.979. The number of hydrogen-bond acceptors (Lipinski definition) is 5. The lowest BCUT2D eigenvalue weighted by molar-refractivity contribution is -0.141. The van der Waals surface area contributed by atoms with E-state index in [2.05, 4.69) is 13.2 Å². The van der Waals surface area contributed by atoms with Crippen LogP contribution in [-0.2, 0) is 9.53 Å². The molecular formula is C13H22N2O3. The lowest BCUT2D eigenvalue weighted by Gasteiger charge is -2.19. The van der Waals surface area contributed by atoms with Crippen LogP contribution in [0.15, 0.2) is 35.5 Å². The maximum atomic E-state index is 11.2. The first kappa shape index (κ1) is 16.6. The zero-order valence-corrected chi connectivity index (χ0v) is 11.0. The van der Waals surface area contributed by atoms with Crippen LogP contribution in [-0.4, -0.2) is 36.9 Å². The van der Waals surface area contributed by atoms with Crippen molar-refractivity contribution in [2.45, 2.75) is 20.0 Å². The highest BCUT2D eigenvalue weighted by molar-refractivity contribution is 5.86. The third-order valence-corrected chi connectivity index (χ3v) is 2.45. The van der Waals surface area contributed by atoms with Gasteiger partial charge in [0.05, 0.1) is 0 Å². The summed E-state index contributed by atoms with van der Waals surface area (Å²) < 4.78 is 4.89. The van der Waals surface area contributed by atoms with Gasteiger partial charge in [0.25, 0.3) is 0 Å². The van der Waals surface area contributed by atoms with Crippen LogP contribution in [0.5, 0.6) is 0 Å². The highest BCUT2D eigenvalue weighted by atomic mass is 16.5. The molecule has 0 aliphatic heterocycles. The summed E-state index contributed by atoms with van der Waals surface area (Å²) in [6.45, 7) is 10.9. The van der Waals surface area contributed by atoms with Gasteiger partial charge in [-0.2, -0.15) is 0 Å². The number of aliphatic hydroxyl groups is 1. The molecule has 0 aromatic carbocycles. The fourth-order valence-corrected chi connectivity index (χ4v) is 1.40. The molecule has 0 unspecified atom stereocenters. The molecule has 0 aromatic rings. The average molecular weight is 254 g/mol. The second-order valence-corrected chi connectivity index (χ2v) is 4.10. The number of ether oxygens (including phenoxy) is 1. The second kappa shape index (κ2) is 7.81. The van der Waals surface area contributed by atoms with E-state index < -0.39 is 12.1 Å². The average Bonchev–Trinajstić information content (AvgIpc) is 2.35. The summed E-state index contributed by atoms with van der Waals surface area (Å²) in [7, 11) is 0. The third-order valence-electron chi connectivity index (χ3n) is 2.45. The Morgan fingerprint density at radius 2 is 1.83 bits per heavy atom. The molecule has 0 fully saturated rings. The van der Waals surface area contributed by atoms with Crippen molar-refractivity contribution in [3.05, 3.63) is 35.5 Å². The third kappa shape index (κ3) is 4.83. The van der Waals surface area contributed by atoms with Crippen molar-refractivity contribution in [3.8, 4) is 0 Å². The van der Waals surface area contributed by atoms with Crippen molar-refractivity contribution >= 4 is 5.97 Å². The van der Waals surface area contributed by atoms with Gasteiger partial charge in [-0.25, -0.2) is 4.79 Å². The molecule has 0 saturated carbocycles. The first-order valence-electron chi connectivity index (χ1n) is 5.63. The number of rotatable bonds is 7. The first-order valence-corrected chi connectivity index (χ1v) is 5.63. The smallest absolute Gasteiger partial charge is 0.333 e. The Morgan fingerprint density at radius 1 is 1.28 bits per heavy atom. The van der Waals surface area contributed by atoms with Gasteiger partial charge in [0.1, 0.15) is 12.7 Å². The van der Waals surface area contributed by atoms with E-state index in [9.17, 15) is 9.90 Å². The van der Waals surface area contributed by atoms with Crippen LogP contribution in [0.3, 0.4) is 0 Å². The lowest BCUT2D eigenvalue weighted by Crippen LogP contribution is -2.26. The Labute approximate surface area is 108 Å². The topological polar surface area (TPSA) is 98.6 Å². The molecule has 0 amide bonds. The van der Waals surface area contributed by atoms with E-state index in [1.165, 1.54) is 6.92 Å². The van der Waals surface area contributed by atoms with Crippen LogP contribution in [0.25, 0.3) is 0 Å². The van der Waals surface area contributed by atoms with Gasteiger partial charge in [0.2, 0.25) is 0 Å². The number of carbonyl (C=O) groups excluding carboxylic acids is 1. The first-order chi connectivity index (χ1) is 8.34.